The van der Waals surface area contributed by atoms with Crippen molar-refractivity contribution in [1.29, 1.82) is 0 Å². The second-order valence-electron chi connectivity index (χ2n) is 10.2. The third kappa shape index (κ3) is 7.33. The molecule has 0 spiro atoms. The number of aryl methyl sites for hydroxylation is 1. The van der Waals surface area contributed by atoms with Gasteiger partial charge in [0.2, 0.25) is 15.7 Å². The van der Waals surface area contributed by atoms with Crippen LogP contribution in [0.4, 0.5) is 29.3 Å². The summed E-state index contributed by atoms with van der Waals surface area (Å²) < 4.78 is 84.7. The second-order valence-corrected chi connectivity index (χ2v) is 13.3. The lowest BCUT2D eigenvalue weighted by molar-refractivity contribution is -0.242. The van der Waals surface area contributed by atoms with Crippen LogP contribution in [0.15, 0.2) is 22.4 Å². The monoisotopic (exact) mass is 623 g/mol. The van der Waals surface area contributed by atoms with E-state index < -0.39 is 45.9 Å². The van der Waals surface area contributed by atoms with Gasteiger partial charge in [0.25, 0.3) is 10.0 Å². The van der Waals surface area contributed by atoms with Crippen LogP contribution in [0.3, 0.4) is 0 Å². The van der Waals surface area contributed by atoms with Gasteiger partial charge in [0.05, 0.1) is 29.3 Å². The summed E-state index contributed by atoms with van der Waals surface area (Å²) in [4.78, 5) is 28.1. The van der Waals surface area contributed by atoms with Crippen LogP contribution in [0.2, 0.25) is 0 Å². The molecule has 1 amide bonds. The average Bonchev–Trinajstić information content (AvgIpc) is 3.25. The molecular weight excluding hydrogens is 591 g/mol. The molecule has 16 heteroatoms. The van der Waals surface area contributed by atoms with E-state index >= 15 is 0 Å². The van der Waals surface area contributed by atoms with Gasteiger partial charge in [0.1, 0.15) is 11.9 Å². The van der Waals surface area contributed by atoms with E-state index in [1.54, 1.807) is 20.8 Å². The molecule has 228 valence electrons. The minimum Gasteiger partial charge on any atom is -0.486 e. The van der Waals surface area contributed by atoms with Crippen molar-refractivity contribution in [1.82, 2.24) is 4.98 Å². The molecule has 41 heavy (non-hydrogen) atoms. The van der Waals surface area contributed by atoms with Crippen LogP contribution in [0.1, 0.15) is 53.0 Å². The molecule has 2 N–H and O–H groups in total. The maximum absolute atomic E-state index is 14.1. The first-order valence-corrected chi connectivity index (χ1v) is 14.9. The zero-order valence-corrected chi connectivity index (χ0v) is 24.9. The number of carboxylic acid groups (broad SMARTS) is 1. The molecule has 3 rings (SSSR count). The number of thiazole rings is 1. The predicted molar refractivity (Wildman–Crippen MR) is 144 cm³/mol. The number of carbonyl (C=O) groups is 2. The van der Waals surface area contributed by atoms with Crippen molar-refractivity contribution >= 4 is 44.8 Å². The smallest absolute Gasteiger partial charge is 0.427 e. The van der Waals surface area contributed by atoms with E-state index in [-0.39, 0.29) is 46.3 Å². The molecule has 1 aliphatic heterocycles. The summed E-state index contributed by atoms with van der Waals surface area (Å²) in [5, 5.41) is 12.1. The van der Waals surface area contributed by atoms with Gasteiger partial charge in [-0.2, -0.15) is 21.6 Å². The third-order valence-corrected chi connectivity index (χ3v) is 9.42. The zero-order valence-electron chi connectivity index (χ0n) is 23.2. The number of ether oxygens (including phenoxy) is 3. The summed E-state index contributed by atoms with van der Waals surface area (Å²) in [6, 6.07) is 3.84. The van der Waals surface area contributed by atoms with Gasteiger partial charge in [0.15, 0.2) is 0 Å². The SMILES string of the molecule is CCc1nc(OC(C)C)c(S(=O)(=O)N2C[C@H](C[C@@H](C)C(=O)O)Oc3ccc(NC(=O)OC(C)(C)C(F)(F)F)cc32)s1. The third-order valence-electron chi connectivity index (χ3n) is 5.99. The number of hydrogen-bond acceptors (Lipinski definition) is 9. The number of nitrogens with one attached hydrogen (secondary N) is 1. The number of alkyl halides is 3. The molecule has 2 aromatic rings. The number of carboxylic acids is 1. The number of carbonyl (C=O) groups excluding carboxylic acids is 1. The quantitative estimate of drug-likeness (QED) is 0.353. The van der Waals surface area contributed by atoms with Gasteiger partial charge in [-0.25, -0.2) is 9.78 Å². The Morgan fingerprint density at radius 2 is 1.93 bits per heavy atom. The lowest BCUT2D eigenvalue weighted by atomic mass is 10.0. The van der Waals surface area contributed by atoms with Crippen LogP contribution >= 0.6 is 11.3 Å². The second kappa shape index (κ2) is 11.9. The molecule has 1 aromatic heterocycles. The molecule has 0 radical (unpaired) electrons. The topological polar surface area (TPSA) is 144 Å². The highest BCUT2D eigenvalue weighted by atomic mass is 32.2. The highest BCUT2D eigenvalue weighted by molar-refractivity contribution is 7.94. The van der Waals surface area contributed by atoms with Crippen molar-refractivity contribution in [2.75, 3.05) is 16.2 Å². The molecule has 2 heterocycles. The van der Waals surface area contributed by atoms with E-state index in [0.29, 0.717) is 25.3 Å². The van der Waals surface area contributed by atoms with Crippen LogP contribution in [0.5, 0.6) is 11.6 Å². The Morgan fingerprint density at radius 3 is 2.49 bits per heavy atom. The van der Waals surface area contributed by atoms with Crippen LogP contribution < -0.4 is 19.1 Å². The summed E-state index contributed by atoms with van der Waals surface area (Å²) in [7, 11) is -4.38. The molecule has 0 aliphatic carbocycles. The lowest BCUT2D eigenvalue weighted by Gasteiger charge is -2.36. The summed E-state index contributed by atoms with van der Waals surface area (Å²) in [5.74, 6) is -1.97. The van der Waals surface area contributed by atoms with Gasteiger partial charge in [-0.3, -0.25) is 14.4 Å². The summed E-state index contributed by atoms with van der Waals surface area (Å²) in [5.41, 5.74) is -2.88. The van der Waals surface area contributed by atoms with Crippen molar-refractivity contribution < 1.29 is 50.5 Å². The van der Waals surface area contributed by atoms with Gasteiger partial charge in [-0.05, 0) is 58.7 Å². The number of fused-ring (bicyclic) bond motifs is 1. The molecule has 0 saturated heterocycles. The Labute approximate surface area is 239 Å². The first-order chi connectivity index (χ1) is 18.9. The average molecular weight is 624 g/mol. The molecule has 1 aliphatic rings. The van der Waals surface area contributed by atoms with Crippen molar-refractivity contribution in [3.8, 4) is 11.6 Å². The normalized spacial score (nSPS) is 16.5. The van der Waals surface area contributed by atoms with Crippen LogP contribution in [-0.4, -0.2) is 61.1 Å². The fourth-order valence-electron chi connectivity index (χ4n) is 3.71. The fraction of sp³-hybridized carbons (Fsp3) is 0.560. The van der Waals surface area contributed by atoms with Crippen molar-refractivity contribution in [3.05, 3.63) is 23.2 Å². The number of rotatable bonds is 10. The van der Waals surface area contributed by atoms with Crippen molar-refractivity contribution in [2.24, 2.45) is 5.92 Å². The molecule has 1 aromatic carbocycles. The highest BCUT2D eigenvalue weighted by Gasteiger charge is 2.51. The van der Waals surface area contributed by atoms with E-state index in [0.717, 1.165) is 15.6 Å². The number of benzene rings is 1. The van der Waals surface area contributed by atoms with Crippen molar-refractivity contribution in [2.45, 2.75) is 82.6 Å². The number of amides is 1. The number of anilines is 2. The predicted octanol–water partition coefficient (Wildman–Crippen LogP) is 5.45. The van der Waals surface area contributed by atoms with Gasteiger partial charge < -0.3 is 19.3 Å². The molecule has 11 nitrogen and oxygen atoms in total. The first-order valence-electron chi connectivity index (χ1n) is 12.6. The van der Waals surface area contributed by atoms with Crippen LogP contribution in [-0.2, 0) is 26.0 Å². The lowest BCUT2D eigenvalue weighted by Crippen LogP contribution is -2.45. The van der Waals surface area contributed by atoms with Gasteiger partial charge in [-0.1, -0.05) is 13.8 Å². The standard InChI is InChI=1S/C25H32F3N3O8S2/c1-7-19-30-20(37-13(2)3)22(40-19)41(35,36)31-12-16(10-14(4)21(32)33)38-18-9-8-15(11-17(18)31)29-23(34)39-24(5,6)25(26,27)28/h8-9,11,13-14,16H,7,10,12H2,1-6H3,(H,29,34)(H,32,33)/t14-,16+/m1/s1. The highest BCUT2D eigenvalue weighted by Crippen LogP contribution is 2.43. The number of aliphatic carboxylic acids is 1. The summed E-state index contributed by atoms with van der Waals surface area (Å²) in [6.45, 7) is 7.79. The summed E-state index contributed by atoms with van der Waals surface area (Å²) in [6.07, 6.45) is -7.06. The van der Waals surface area contributed by atoms with Crippen molar-refractivity contribution in [3.63, 3.8) is 0 Å². The van der Waals surface area contributed by atoms with E-state index in [9.17, 15) is 36.3 Å². The van der Waals surface area contributed by atoms with Crippen LogP contribution in [0.25, 0.3) is 0 Å². The molecule has 0 saturated carbocycles. The first kappa shape index (κ1) is 32.2. The zero-order chi connectivity index (χ0) is 30.9. The minimum atomic E-state index is -4.83. The maximum atomic E-state index is 14.1. The minimum absolute atomic E-state index is 0.0160. The van der Waals surface area contributed by atoms with E-state index in [2.05, 4.69) is 15.0 Å². The largest absolute Gasteiger partial charge is 0.486 e. The molecule has 0 unspecified atom stereocenters. The van der Waals surface area contributed by atoms with Gasteiger partial charge in [0, 0.05) is 5.69 Å². The molecule has 0 bridgehead atoms. The molecule has 2 atom stereocenters. The molecule has 0 fully saturated rings. The van der Waals surface area contributed by atoms with E-state index in [1.807, 2.05) is 0 Å². The maximum Gasteiger partial charge on any atom is 0.427 e. The Kier molecular flexibility index (Phi) is 9.37. The summed E-state index contributed by atoms with van der Waals surface area (Å²) >= 11 is 0.923. The molecular formula is C25H32F3N3O8S2. The van der Waals surface area contributed by atoms with Gasteiger partial charge in [-0.15, -0.1) is 11.3 Å². The van der Waals surface area contributed by atoms with E-state index in [1.165, 1.54) is 25.1 Å². The number of halogens is 3. The Hall–Kier alpha value is -3.27. The Balaban J connectivity index is 2.05. The number of sulfonamides is 1. The Morgan fingerprint density at radius 1 is 1.27 bits per heavy atom. The van der Waals surface area contributed by atoms with E-state index in [4.69, 9.17) is 9.47 Å². The van der Waals surface area contributed by atoms with Crippen LogP contribution in [0, 0.1) is 5.92 Å². The van der Waals surface area contributed by atoms with Gasteiger partial charge >= 0.3 is 18.2 Å². The fourth-order valence-corrected chi connectivity index (χ4v) is 6.64. The number of aromatic nitrogens is 1. The number of hydrogen-bond donors (Lipinski definition) is 2. The Bertz CT molecular complexity index is 1390. The number of nitrogens with zero attached hydrogens (tertiary/aromatic N) is 2.